The Morgan fingerprint density at radius 2 is 1.87 bits per heavy atom. The highest BCUT2D eigenvalue weighted by Gasteiger charge is 2.42. The minimum atomic E-state index is -1.02. The first-order chi connectivity index (χ1) is 18.6. The highest BCUT2D eigenvalue weighted by molar-refractivity contribution is 5.95. The number of carbonyl (C=O) groups excluding carboxylic acids is 1. The summed E-state index contributed by atoms with van der Waals surface area (Å²) in [4.78, 5) is 19.3. The lowest BCUT2D eigenvalue weighted by Gasteiger charge is -2.46. The summed E-state index contributed by atoms with van der Waals surface area (Å²) in [5.74, 6) is -0.693. The van der Waals surface area contributed by atoms with E-state index in [9.17, 15) is 4.79 Å². The van der Waals surface area contributed by atoms with Gasteiger partial charge in [-0.05, 0) is 68.3 Å². The molecule has 3 heterocycles. The second-order valence-electron chi connectivity index (χ2n) is 8.89. The van der Waals surface area contributed by atoms with Gasteiger partial charge in [-0.15, -0.1) is 10.2 Å². The zero-order valence-corrected chi connectivity index (χ0v) is 21.4. The Balaban J connectivity index is 1.27. The first-order valence-corrected chi connectivity index (χ1v) is 12.8. The van der Waals surface area contributed by atoms with Gasteiger partial charge in [0.2, 0.25) is 5.82 Å². The van der Waals surface area contributed by atoms with Crippen molar-refractivity contribution in [2.24, 2.45) is 0 Å². The van der Waals surface area contributed by atoms with Crippen LogP contribution in [-0.4, -0.2) is 78.5 Å². The molecule has 1 aliphatic heterocycles. The molecule has 2 N–H and O–H groups in total. The third-order valence-electron chi connectivity index (χ3n) is 6.57. The summed E-state index contributed by atoms with van der Waals surface area (Å²) in [5.41, 5.74) is 3.10. The maximum absolute atomic E-state index is 13.0. The molecule has 198 valence electrons. The first kappa shape index (κ1) is 25.6. The molecule has 5 rings (SSSR count). The number of piperidine rings is 1. The molecule has 2 aromatic carbocycles. The van der Waals surface area contributed by atoms with E-state index in [-0.39, 0.29) is 11.9 Å². The number of carbonyl (C=O) groups is 1. The number of benzene rings is 2. The minimum absolute atomic E-state index is 0.0308. The van der Waals surface area contributed by atoms with E-state index in [1.807, 2.05) is 50.2 Å². The molecule has 0 unspecified atom stereocenters. The molecule has 0 saturated carbocycles. The number of hydrogen-bond acceptors (Lipinski definition) is 9. The van der Waals surface area contributed by atoms with E-state index < -0.39 is 5.91 Å². The summed E-state index contributed by atoms with van der Waals surface area (Å²) in [6.45, 7) is 6.29. The van der Waals surface area contributed by atoms with Gasteiger partial charge in [-0.25, -0.2) is 14.6 Å². The van der Waals surface area contributed by atoms with Crippen LogP contribution in [0.1, 0.15) is 42.6 Å². The van der Waals surface area contributed by atoms with Crippen molar-refractivity contribution in [3.05, 3.63) is 72.3 Å². The lowest BCUT2D eigenvalue weighted by molar-refractivity contribution is -0.330. The normalized spacial score (nSPS) is 15.0. The SMILES string of the molecule is CCOC(OCC)(c1ccc(-n2cncn2)cc1)N1CCC(NC(=O)c2cccc(-c3nn[nH]n3)c2)CC1. The highest BCUT2D eigenvalue weighted by Crippen LogP contribution is 2.35. The van der Waals surface area contributed by atoms with E-state index in [0.717, 1.165) is 29.7 Å². The molecule has 1 fully saturated rings. The van der Waals surface area contributed by atoms with Crippen molar-refractivity contribution < 1.29 is 14.3 Å². The summed E-state index contributed by atoms with van der Waals surface area (Å²) in [6.07, 6.45) is 4.69. The van der Waals surface area contributed by atoms with Gasteiger partial charge in [-0.1, -0.05) is 12.1 Å². The number of ether oxygens (including phenoxy) is 2. The smallest absolute Gasteiger partial charge is 0.258 e. The number of aromatic nitrogens is 7. The van der Waals surface area contributed by atoms with E-state index in [1.165, 1.54) is 6.33 Å². The summed E-state index contributed by atoms with van der Waals surface area (Å²) in [7, 11) is 0. The number of nitrogens with zero attached hydrogens (tertiary/aromatic N) is 7. The molecule has 0 bridgehead atoms. The van der Waals surface area contributed by atoms with Crippen molar-refractivity contribution in [3.8, 4) is 17.1 Å². The Kier molecular flexibility index (Phi) is 7.82. The Morgan fingerprint density at radius 3 is 2.50 bits per heavy atom. The van der Waals surface area contributed by atoms with Crippen LogP contribution in [0.15, 0.2) is 61.2 Å². The van der Waals surface area contributed by atoms with Gasteiger partial charge >= 0.3 is 0 Å². The third-order valence-corrected chi connectivity index (χ3v) is 6.57. The number of amides is 1. The second kappa shape index (κ2) is 11.6. The largest absolute Gasteiger partial charge is 0.349 e. The van der Waals surface area contributed by atoms with Gasteiger partial charge in [-0.2, -0.15) is 10.3 Å². The molecule has 1 saturated heterocycles. The molecule has 2 aromatic heterocycles. The van der Waals surface area contributed by atoms with Crippen molar-refractivity contribution in [1.82, 2.24) is 45.6 Å². The molecule has 0 radical (unpaired) electrons. The van der Waals surface area contributed by atoms with Crippen LogP contribution in [0.2, 0.25) is 0 Å². The lowest BCUT2D eigenvalue weighted by Crippen LogP contribution is -2.55. The standard InChI is InChI=1S/C26H31N9O3/c1-3-37-26(38-4-2,21-8-10-23(11-9-21)35-18-27-17-28-35)34-14-12-22(13-15-34)29-25(36)20-7-5-6-19(16-20)24-30-32-33-31-24/h5-11,16-18,22H,3-4,12-15H2,1-2H3,(H,29,36)(H,30,31,32,33). The average Bonchev–Trinajstić information content (AvgIpc) is 3.69. The third kappa shape index (κ3) is 5.32. The average molecular weight is 518 g/mol. The van der Waals surface area contributed by atoms with E-state index in [0.29, 0.717) is 37.7 Å². The van der Waals surface area contributed by atoms with Crippen LogP contribution in [0.4, 0.5) is 0 Å². The summed E-state index contributed by atoms with van der Waals surface area (Å²) < 4.78 is 14.4. The number of nitrogens with one attached hydrogen (secondary N) is 2. The predicted molar refractivity (Wildman–Crippen MR) is 138 cm³/mol. The maximum Gasteiger partial charge on any atom is 0.258 e. The molecular formula is C26H31N9O3. The molecule has 4 aromatic rings. The fourth-order valence-corrected chi connectivity index (χ4v) is 4.80. The first-order valence-electron chi connectivity index (χ1n) is 12.8. The molecule has 12 nitrogen and oxygen atoms in total. The number of likely N-dealkylation sites (tertiary alicyclic amines) is 1. The van der Waals surface area contributed by atoms with Gasteiger partial charge in [0.15, 0.2) is 0 Å². The Bertz CT molecular complexity index is 1300. The van der Waals surface area contributed by atoms with Gasteiger partial charge < -0.3 is 14.8 Å². The molecule has 0 aliphatic carbocycles. The van der Waals surface area contributed by atoms with Crippen molar-refractivity contribution in [2.75, 3.05) is 26.3 Å². The Morgan fingerprint density at radius 1 is 1.11 bits per heavy atom. The molecular weight excluding hydrogens is 486 g/mol. The van der Waals surface area contributed by atoms with Gasteiger partial charge in [0, 0.05) is 49.0 Å². The number of aromatic amines is 1. The Hall–Kier alpha value is -4.00. The van der Waals surface area contributed by atoms with E-state index >= 15 is 0 Å². The molecule has 1 amide bonds. The lowest BCUT2D eigenvalue weighted by atomic mass is 10.0. The predicted octanol–water partition coefficient (Wildman–Crippen LogP) is 2.53. The van der Waals surface area contributed by atoms with Gasteiger partial charge in [0.25, 0.3) is 11.8 Å². The van der Waals surface area contributed by atoms with Crippen LogP contribution in [0.25, 0.3) is 17.1 Å². The molecule has 38 heavy (non-hydrogen) atoms. The summed E-state index contributed by atoms with van der Waals surface area (Å²) in [5, 5.41) is 21.4. The van der Waals surface area contributed by atoms with Crippen LogP contribution < -0.4 is 5.32 Å². The quantitative estimate of drug-likeness (QED) is 0.304. The van der Waals surface area contributed by atoms with Crippen LogP contribution in [0, 0.1) is 0 Å². The molecule has 12 heteroatoms. The Labute approximate surface area is 220 Å². The fourth-order valence-electron chi connectivity index (χ4n) is 4.80. The van der Waals surface area contributed by atoms with E-state index in [4.69, 9.17) is 9.47 Å². The van der Waals surface area contributed by atoms with Gasteiger partial charge in [-0.3, -0.25) is 4.79 Å². The van der Waals surface area contributed by atoms with Crippen molar-refractivity contribution in [2.45, 2.75) is 38.6 Å². The van der Waals surface area contributed by atoms with Gasteiger partial charge in [0.05, 0.1) is 5.69 Å². The maximum atomic E-state index is 13.0. The second-order valence-corrected chi connectivity index (χ2v) is 8.89. The topological polar surface area (TPSA) is 136 Å². The highest BCUT2D eigenvalue weighted by atomic mass is 16.7. The van der Waals surface area contributed by atoms with Crippen molar-refractivity contribution >= 4 is 5.91 Å². The number of H-pyrrole nitrogens is 1. The monoisotopic (exact) mass is 517 g/mol. The van der Waals surface area contributed by atoms with Gasteiger partial charge in [0.1, 0.15) is 12.7 Å². The molecule has 0 atom stereocenters. The van der Waals surface area contributed by atoms with Crippen molar-refractivity contribution in [3.63, 3.8) is 0 Å². The van der Waals surface area contributed by atoms with E-state index in [2.05, 4.69) is 40.9 Å². The zero-order chi connectivity index (χ0) is 26.4. The minimum Gasteiger partial charge on any atom is -0.349 e. The molecule has 1 aliphatic rings. The number of hydrogen-bond donors (Lipinski definition) is 2. The van der Waals surface area contributed by atoms with Crippen molar-refractivity contribution in [1.29, 1.82) is 0 Å². The zero-order valence-electron chi connectivity index (χ0n) is 21.4. The fraction of sp³-hybridized carbons (Fsp3) is 0.385. The summed E-state index contributed by atoms with van der Waals surface area (Å²) >= 11 is 0. The van der Waals surface area contributed by atoms with Crippen LogP contribution in [0.3, 0.4) is 0 Å². The number of rotatable bonds is 10. The van der Waals surface area contributed by atoms with Crippen LogP contribution >= 0.6 is 0 Å². The van der Waals surface area contributed by atoms with Crippen LogP contribution in [-0.2, 0) is 15.4 Å². The van der Waals surface area contributed by atoms with Crippen LogP contribution in [0.5, 0.6) is 0 Å². The van der Waals surface area contributed by atoms with E-state index in [1.54, 1.807) is 23.1 Å². The summed E-state index contributed by atoms with van der Waals surface area (Å²) in [6, 6.07) is 15.2. The molecule has 0 spiro atoms. The number of tetrazole rings is 1.